The molecule has 0 spiro atoms. The molecule has 5 rings (SSSR count). The average molecular weight is 391 g/mol. The van der Waals surface area contributed by atoms with Gasteiger partial charge in [0.05, 0.1) is 10.9 Å². The standard InChI is InChI=1S/C22H22N4OS/c1-15(21(27)25-14-13-16-7-5-6-10-19(16)25)28-22-23-20(17-11-12-17)26(24-22)18-8-3-2-4-9-18/h2-10,15,17H,11-14H2,1H3. The van der Waals surface area contributed by atoms with E-state index in [0.29, 0.717) is 11.1 Å². The first-order chi connectivity index (χ1) is 13.7. The van der Waals surface area contributed by atoms with Crippen molar-refractivity contribution in [1.82, 2.24) is 14.8 Å². The van der Waals surface area contributed by atoms with E-state index < -0.39 is 0 Å². The second-order valence-electron chi connectivity index (χ2n) is 7.40. The summed E-state index contributed by atoms with van der Waals surface area (Å²) in [5.74, 6) is 1.62. The molecule has 2 aromatic carbocycles. The fourth-order valence-corrected chi connectivity index (χ4v) is 4.53. The Balaban J connectivity index is 1.37. The molecule has 1 unspecified atom stereocenters. The number of fused-ring (bicyclic) bond motifs is 1. The summed E-state index contributed by atoms with van der Waals surface area (Å²) in [7, 11) is 0. The van der Waals surface area contributed by atoms with Gasteiger partial charge in [0.2, 0.25) is 11.1 Å². The molecule has 6 heteroatoms. The van der Waals surface area contributed by atoms with Crippen LogP contribution in [0.25, 0.3) is 5.69 Å². The maximum Gasteiger partial charge on any atom is 0.240 e. The molecule has 0 N–H and O–H groups in total. The average Bonchev–Trinajstić information content (AvgIpc) is 3.35. The molecule has 1 atom stereocenters. The number of benzene rings is 2. The molecular formula is C22H22N4OS. The van der Waals surface area contributed by atoms with E-state index in [1.807, 2.05) is 65.0 Å². The Labute approximate surface area is 168 Å². The highest BCUT2D eigenvalue weighted by atomic mass is 32.2. The number of nitrogens with zero attached hydrogens (tertiary/aromatic N) is 4. The number of rotatable bonds is 5. The van der Waals surface area contributed by atoms with Gasteiger partial charge in [0.15, 0.2) is 0 Å². The van der Waals surface area contributed by atoms with Gasteiger partial charge in [0.25, 0.3) is 0 Å². The van der Waals surface area contributed by atoms with Crippen molar-refractivity contribution in [2.75, 3.05) is 11.4 Å². The van der Waals surface area contributed by atoms with Crippen LogP contribution >= 0.6 is 11.8 Å². The second-order valence-corrected chi connectivity index (χ2v) is 8.71. The van der Waals surface area contributed by atoms with Crippen LogP contribution in [-0.2, 0) is 11.2 Å². The summed E-state index contributed by atoms with van der Waals surface area (Å²) in [6, 6.07) is 18.3. The summed E-state index contributed by atoms with van der Waals surface area (Å²) in [4.78, 5) is 19.8. The van der Waals surface area contributed by atoms with E-state index in [4.69, 9.17) is 10.1 Å². The predicted octanol–water partition coefficient (Wildman–Crippen LogP) is 4.21. The molecule has 0 radical (unpaired) electrons. The van der Waals surface area contributed by atoms with Gasteiger partial charge in [-0.3, -0.25) is 4.79 Å². The van der Waals surface area contributed by atoms with Crippen LogP contribution in [0.1, 0.15) is 37.1 Å². The highest BCUT2D eigenvalue weighted by molar-refractivity contribution is 8.00. The molecule has 1 saturated carbocycles. The van der Waals surface area contributed by atoms with Crippen LogP contribution in [0.3, 0.4) is 0 Å². The second kappa shape index (κ2) is 7.09. The Morgan fingerprint density at radius 3 is 2.64 bits per heavy atom. The van der Waals surface area contributed by atoms with Crippen molar-refractivity contribution in [3.8, 4) is 5.69 Å². The fraction of sp³-hybridized carbons (Fsp3) is 0.318. The van der Waals surface area contributed by atoms with E-state index in [1.54, 1.807) is 0 Å². The molecule has 142 valence electrons. The molecule has 1 aromatic heterocycles. The lowest BCUT2D eigenvalue weighted by atomic mass is 10.2. The molecule has 3 aromatic rings. The molecule has 1 aliphatic carbocycles. The largest absolute Gasteiger partial charge is 0.311 e. The van der Waals surface area contributed by atoms with Crippen molar-refractivity contribution >= 4 is 23.4 Å². The minimum absolute atomic E-state index is 0.124. The van der Waals surface area contributed by atoms with E-state index in [2.05, 4.69) is 6.07 Å². The van der Waals surface area contributed by atoms with Crippen LogP contribution in [0.4, 0.5) is 5.69 Å². The Morgan fingerprint density at radius 1 is 1.11 bits per heavy atom. The third-order valence-electron chi connectivity index (χ3n) is 5.34. The lowest BCUT2D eigenvalue weighted by molar-refractivity contribution is -0.117. The van der Waals surface area contributed by atoms with Crippen molar-refractivity contribution in [1.29, 1.82) is 0 Å². The number of hydrogen-bond acceptors (Lipinski definition) is 4. The molecule has 2 aliphatic rings. The monoisotopic (exact) mass is 390 g/mol. The third-order valence-corrected chi connectivity index (χ3v) is 6.28. The predicted molar refractivity (Wildman–Crippen MR) is 111 cm³/mol. The zero-order valence-corrected chi connectivity index (χ0v) is 16.6. The van der Waals surface area contributed by atoms with Crippen LogP contribution < -0.4 is 4.90 Å². The smallest absolute Gasteiger partial charge is 0.240 e. The van der Waals surface area contributed by atoms with Crippen LogP contribution in [0.2, 0.25) is 0 Å². The topological polar surface area (TPSA) is 51.0 Å². The summed E-state index contributed by atoms with van der Waals surface area (Å²) in [6.45, 7) is 2.70. The summed E-state index contributed by atoms with van der Waals surface area (Å²) >= 11 is 1.45. The summed E-state index contributed by atoms with van der Waals surface area (Å²) < 4.78 is 1.95. The van der Waals surface area contributed by atoms with Gasteiger partial charge < -0.3 is 4.90 Å². The van der Waals surface area contributed by atoms with Crippen LogP contribution in [0, 0.1) is 0 Å². The van der Waals surface area contributed by atoms with Gasteiger partial charge >= 0.3 is 0 Å². The number of amides is 1. The highest BCUT2D eigenvalue weighted by Gasteiger charge is 2.32. The van der Waals surface area contributed by atoms with Gasteiger partial charge in [-0.2, -0.15) is 0 Å². The van der Waals surface area contributed by atoms with Gasteiger partial charge in [-0.05, 0) is 49.9 Å². The number of aromatic nitrogens is 3. The Kier molecular flexibility index (Phi) is 4.43. The van der Waals surface area contributed by atoms with E-state index in [9.17, 15) is 4.79 Å². The first-order valence-corrected chi connectivity index (χ1v) is 10.7. The molecule has 0 bridgehead atoms. The Bertz CT molecular complexity index is 1010. The quantitative estimate of drug-likeness (QED) is 0.612. The van der Waals surface area contributed by atoms with Gasteiger partial charge in [0.1, 0.15) is 5.82 Å². The van der Waals surface area contributed by atoms with Crippen LogP contribution in [0.15, 0.2) is 59.8 Å². The van der Waals surface area contributed by atoms with E-state index >= 15 is 0 Å². The maximum atomic E-state index is 13.1. The normalized spacial score (nSPS) is 16.8. The van der Waals surface area contributed by atoms with Crippen molar-refractivity contribution in [3.05, 3.63) is 66.0 Å². The molecule has 28 heavy (non-hydrogen) atoms. The minimum Gasteiger partial charge on any atom is -0.311 e. The lowest BCUT2D eigenvalue weighted by Crippen LogP contribution is -2.35. The first-order valence-electron chi connectivity index (χ1n) is 9.79. The molecule has 5 nitrogen and oxygen atoms in total. The maximum absolute atomic E-state index is 13.1. The lowest BCUT2D eigenvalue weighted by Gasteiger charge is -2.20. The van der Waals surface area contributed by atoms with E-state index in [0.717, 1.165) is 43.0 Å². The minimum atomic E-state index is -0.232. The Hall–Kier alpha value is -2.60. The number of carbonyl (C=O) groups is 1. The molecular weight excluding hydrogens is 368 g/mol. The molecule has 1 amide bonds. The van der Waals surface area contributed by atoms with Gasteiger partial charge in [-0.1, -0.05) is 48.2 Å². The zero-order valence-electron chi connectivity index (χ0n) is 15.8. The van der Waals surface area contributed by atoms with Crippen molar-refractivity contribution in [3.63, 3.8) is 0 Å². The highest BCUT2D eigenvalue weighted by Crippen LogP contribution is 2.41. The molecule has 1 aliphatic heterocycles. The fourth-order valence-electron chi connectivity index (χ4n) is 3.71. The van der Waals surface area contributed by atoms with Gasteiger partial charge in [-0.15, -0.1) is 5.10 Å². The number of para-hydroxylation sites is 2. The van der Waals surface area contributed by atoms with Crippen molar-refractivity contribution in [2.24, 2.45) is 0 Å². The number of hydrogen-bond donors (Lipinski definition) is 0. The van der Waals surface area contributed by atoms with E-state index in [1.165, 1.54) is 17.3 Å². The van der Waals surface area contributed by atoms with Gasteiger partial charge in [-0.25, -0.2) is 9.67 Å². The summed E-state index contributed by atoms with van der Waals surface area (Å²) in [6.07, 6.45) is 3.25. The molecule has 2 heterocycles. The summed E-state index contributed by atoms with van der Waals surface area (Å²) in [5.41, 5.74) is 3.31. The first kappa shape index (κ1) is 17.5. The zero-order chi connectivity index (χ0) is 19.1. The molecule has 0 saturated heterocycles. The molecule has 1 fully saturated rings. The van der Waals surface area contributed by atoms with Crippen molar-refractivity contribution < 1.29 is 4.79 Å². The Morgan fingerprint density at radius 2 is 1.86 bits per heavy atom. The third kappa shape index (κ3) is 3.22. The number of carbonyl (C=O) groups excluding carboxylic acids is 1. The van der Waals surface area contributed by atoms with Crippen LogP contribution in [-0.4, -0.2) is 32.5 Å². The SMILES string of the molecule is CC(Sc1nc(C2CC2)n(-c2ccccc2)n1)C(=O)N1CCc2ccccc21. The van der Waals surface area contributed by atoms with Crippen molar-refractivity contribution in [2.45, 2.75) is 42.5 Å². The van der Waals surface area contributed by atoms with Crippen LogP contribution in [0.5, 0.6) is 0 Å². The number of thioether (sulfide) groups is 1. The number of anilines is 1. The van der Waals surface area contributed by atoms with Gasteiger partial charge in [0, 0.05) is 18.2 Å². The van der Waals surface area contributed by atoms with E-state index in [-0.39, 0.29) is 11.2 Å². The summed E-state index contributed by atoms with van der Waals surface area (Å²) in [5, 5.41) is 5.18.